The quantitative estimate of drug-likeness (QED) is 0.924. The Hall–Kier alpha value is -1.87. The molecule has 1 heterocycles. The van der Waals surface area contributed by atoms with Crippen LogP contribution in [0.15, 0.2) is 48.5 Å². The first-order chi connectivity index (χ1) is 10.2. The molecule has 2 aromatic rings. The summed E-state index contributed by atoms with van der Waals surface area (Å²) in [6.45, 7) is 2.88. The second-order valence-electron chi connectivity index (χ2n) is 5.77. The third-order valence-corrected chi connectivity index (χ3v) is 4.25. The number of likely N-dealkylation sites (tertiary alicyclic amines) is 1. The van der Waals surface area contributed by atoms with Gasteiger partial charge in [-0.05, 0) is 67.2 Å². The topological polar surface area (TPSA) is 23.5 Å². The maximum absolute atomic E-state index is 13.2. The van der Waals surface area contributed by atoms with E-state index in [1.807, 2.05) is 18.2 Å². The first kappa shape index (κ1) is 14.1. The van der Waals surface area contributed by atoms with Gasteiger partial charge in [0, 0.05) is 6.54 Å². The van der Waals surface area contributed by atoms with Crippen LogP contribution in [0.4, 0.5) is 4.39 Å². The molecule has 0 spiro atoms. The van der Waals surface area contributed by atoms with Crippen molar-refractivity contribution in [2.24, 2.45) is 0 Å². The predicted octanol–water partition coefficient (Wildman–Crippen LogP) is 3.91. The highest BCUT2D eigenvalue weighted by molar-refractivity contribution is 5.28. The molecule has 1 fully saturated rings. The Morgan fingerprint density at radius 1 is 1.05 bits per heavy atom. The largest absolute Gasteiger partial charge is 0.508 e. The highest BCUT2D eigenvalue weighted by Crippen LogP contribution is 2.29. The van der Waals surface area contributed by atoms with E-state index in [0.29, 0.717) is 11.7 Å². The molecule has 0 aromatic heterocycles. The maximum atomic E-state index is 13.2. The Morgan fingerprint density at radius 2 is 1.76 bits per heavy atom. The number of aromatic hydroxyl groups is 1. The molecule has 0 aliphatic carbocycles. The lowest BCUT2D eigenvalue weighted by Gasteiger charge is -2.32. The summed E-state index contributed by atoms with van der Waals surface area (Å²) in [5, 5.41) is 9.34. The molecule has 0 saturated carbocycles. The van der Waals surface area contributed by atoms with Crippen molar-refractivity contribution in [2.75, 3.05) is 13.1 Å². The lowest BCUT2D eigenvalue weighted by Crippen LogP contribution is -2.32. The van der Waals surface area contributed by atoms with Crippen molar-refractivity contribution in [3.05, 3.63) is 65.5 Å². The molecule has 21 heavy (non-hydrogen) atoms. The highest BCUT2D eigenvalue weighted by Gasteiger charge is 2.20. The first-order valence-corrected chi connectivity index (χ1v) is 7.46. The van der Waals surface area contributed by atoms with Crippen molar-refractivity contribution < 1.29 is 9.50 Å². The van der Waals surface area contributed by atoms with Gasteiger partial charge >= 0.3 is 0 Å². The second kappa shape index (κ2) is 6.27. The van der Waals surface area contributed by atoms with Crippen LogP contribution in [0.25, 0.3) is 0 Å². The molecule has 2 aromatic carbocycles. The molecule has 0 atom stereocenters. The van der Waals surface area contributed by atoms with Crippen LogP contribution < -0.4 is 0 Å². The van der Waals surface area contributed by atoms with Crippen LogP contribution in [-0.2, 0) is 6.54 Å². The van der Waals surface area contributed by atoms with Crippen LogP contribution in [0, 0.1) is 5.82 Å². The number of hydrogen-bond acceptors (Lipinski definition) is 2. The number of phenolic OH excluding ortho intramolecular Hbond substituents is 1. The van der Waals surface area contributed by atoms with E-state index in [1.165, 1.54) is 11.6 Å². The van der Waals surface area contributed by atoms with Crippen molar-refractivity contribution >= 4 is 0 Å². The molecule has 2 nitrogen and oxygen atoms in total. The van der Waals surface area contributed by atoms with Gasteiger partial charge in [0.2, 0.25) is 0 Å². The molecule has 1 aliphatic heterocycles. The van der Waals surface area contributed by atoms with Gasteiger partial charge in [0.1, 0.15) is 11.6 Å². The van der Waals surface area contributed by atoms with Gasteiger partial charge in [0.15, 0.2) is 0 Å². The van der Waals surface area contributed by atoms with Crippen molar-refractivity contribution in [3.63, 3.8) is 0 Å². The molecule has 0 bridgehead atoms. The smallest absolute Gasteiger partial charge is 0.123 e. The molecule has 110 valence electrons. The zero-order valence-electron chi connectivity index (χ0n) is 12.0. The van der Waals surface area contributed by atoms with E-state index in [0.717, 1.165) is 38.0 Å². The molecule has 0 amide bonds. The summed E-state index contributed by atoms with van der Waals surface area (Å²) in [5.74, 6) is 0.725. The third-order valence-electron chi connectivity index (χ3n) is 4.25. The Morgan fingerprint density at radius 3 is 2.43 bits per heavy atom. The molecule has 1 aliphatic rings. The zero-order valence-corrected chi connectivity index (χ0v) is 12.0. The number of benzene rings is 2. The first-order valence-electron chi connectivity index (χ1n) is 7.46. The van der Waals surface area contributed by atoms with Crippen LogP contribution >= 0.6 is 0 Å². The summed E-state index contributed by atoms with van der Waals surface area (Å²) in [4.78, 5) is 2.38. The van der Waals surface area contributed by atoms with Crippen LogP contribution in [0.3, 0.4) is 0 Å². The molecular formula is C18H20FNO. The number of nitrogens with zero attached hydrogens (tertiary/aromatic N) is 1. The minimum atomic E-state index is -0.161. The lowest BCUT2D eigenvalue weighted by atomic mass is 9.89. The number of rotatable bonds is 3. The third kappa shape index (κ3) is 3.61. The van der Waals surface area contributed by atoms with E-state index in [-0.39, 0.29) is 5.82 Å². The zero-order chi connectivity index (χ0) is 14.7. The van der Waals surface area contributed by atoms with Gasteiger partial charge in [-0.15, -0.1) is 0 Å². The Kier molecular flexibility index (Phi) is 4.20. The summed E-state index contributed by atoms with van der Waals surface area (Å²) in [6.07, 6.45) is 2.22. The predicted molar refractivity (Wildman–Crippen MR) is 81.8 cm³/mol. The molecular weight excluding hydrogens is 265 g/mol. The lowest BCUT2D eigenvalue weighted by molar-refractivity contribution is 0.204. The van der Waals surface area contributed by atoms with Gasteiger partial charge in [-0.3, -0.25) is 4.90 Å². The van der Waals surface area contributed by atoms with E-state index >= 15 is 0 Å². The average Bonchev–Trinajstić information content (AvgIpc) is 2.49. The fourth-order valence-corrected chi connectivity index (χ4v) is 3.06. The standard InChI is InChI=1S/C18H20FNO/c19-17-3-1-2-14(12-17)13-20-10-8-16(9-11-20)15-4-6-18(21)7-5-15/h1-7,12,16,21H,8-11,13H2. The van der Waals surface area contributed by atoms with E-state index in [4.69, 9.17) is 0 Å². The van der Waals surface area contributed by atoms with Gasteiger partial charge in [0.05, 0.1) is 0 Å². The monoisotopic (exact) mass is 285 g/mol. The summed E-state index contributed by atoms with van der Waals surface area (Å²) in [5.41, 5.74) is 2.34. The Bertz CT molecular complexity index is 588. The Balaban J connectivity index is 1.56. The highest BCUT2D eigenvalue weighted by atomic mass is 19.1. The van der Waals surface area contributed by atoms with E-state index in [9.17, 15) is 9.50 Å². The van der Waals surface area contributed by atoms with Gasteiger partial charge in [-0.25, -0.2) is 4.39 Å². The van der Waals surface area contributed by atoms with E-state index < -0.39 is 0 Å². The van der Waals surface area contributed by atoms with E-state index in [1.54, 1.807) is 24.3 Å². The van der Waals surface area contributed by atoms with Gasteiger partial charge in [0.25, 0.3) is 0 Å². The molecule has 1 N–H and O–H groups in total. The second-order valence-corrected chi connectivity index (χ2v) is 5.77. The maximum Gasteiger partial charge on any atom is 0.123 e. The minimum Gasteiger partial charge on any atom is -0.508 e. The average molecular weight is 285 g/mol. The summed E-state index contributed by atoms with van der Waals surface area (Å²) >= 11 is 0. The van der Waals surface area contributed by atoms with Crippen molar-refractivity contribution in [3.8, 4) is 5.75 Å². The van der Waals surface area contributed by atoms with Crippen LogP contribution in [0.1, 0.15) is 29.9 Å². The van der Waals surface area contributed by atoms with Crippen molar-refractivity contribution in [1.29, 1.82) is 0 Å². The van der Waals surface area contributed by atoms with Crippen molar-refractivity contribution in [1.82, 2.24) is 4.90 Å². The SMILES string of the molecule is Oc1ccc(C2CCN(Cc3cccc(F)c3)CC2)cc1. The number of hydrogen-bond donors (Lipinski definition) is 1. The minimum absolute atomic E-state index is 0.161. The van der Waals surface area contributed by atoms with Crippen LogP contribution in [-0.4, -0.2) is 23.1 Å². The van der Waals surface area contributed by atoms with Gasteiger partial charge in [-0.2, -0.15) is 0 Å². The van der Waals surface area contributed by atoms with Gasteiger partial charge < -0.3 is 5.11 Å². The molecule has 0 radical (unpaired) electrons. The summed E-state index contributed by atoms with van der Waals surface area (Å²) in [7, 11) is 0. The van der Waals surface area contributed by atoms with Crippen LogP contribution in [0.2, 0.25) is 0 Å². The molecule has 3 rings (SSSR count). The normalized spacial score (nSPS) is 17.0. The van der Waals surface area contributed by atoms with E-state index in [2.05, 4.69) is 4.90 Å². The van der Waals surface area contributed by atoms with Crippen LogP contribution in [0.5, 0.6) is 5.75 Å². The fraction of sp³-hybridized carbons (Fsp3) is 0.333. The number of phenols is 1. The fourth-order valence-electron chi connectivity index (χ4n) is 3.06. The summed E-state index contributed by atoms with van der Waals surface area (Å²) < 4.78 is 13.2. The Labute approximate surface area is 124 Å². The molecule has 3 heteroatoms. The number of piperidine rings is 1. The summed E-state index contributed by atoms with van der Waals surface area (Å²) in [6, 6.07) is 14.4. The number of halogens is 1. The van der Waals surface area contributed by atoms with Crippen molar-refractivity contribution in [2.45, 2.75) is 25.3 Å². The molecule has 0 unspecified atom stereocenters. The van der Waals surface area contributed by atoms with Gasteiger partial charge in [-0.1, -0.05) is 24.3 Å². The molecule has 1 saturated heterocycles.